The molecule has 0 aliphatic rings. The van der Waals surface area contributed by atoms with E-state index in [1.165, 1.54) is 0 Å². The van der Waals surface area contributed by atoms with Gasteiger partial charge in [0.05, 0.1) is 12.6 Å². The molecule has 0 aliphatic carbocycles. The molecule has 1 unspecified atom stereocenters. The van der Waals surface area contributed by atoms with Crippen molar-refractivity contribution in [2.24, 2.45) is 7.05 Å². The number of hydrogen-bond acceptors (Lipinski definition) is 3. The third kappa shape index (κ3) is 4.12. The van der Waals surface area contributed by atoms with Gasteiger partial charge in [-0.05, 0) is 13.3 Å². The fraction of sp³-hybridized carbons (Fsp3) is 0.600. The van der Waals surface area contributed by atoms with Crippen molar-refractivity contribution in [1.82, 2.24) is 14.9 Å². The number of nitrogens with zero attached hydrogens (tertiary/aromatic N) is 2. The van der Waals surface area contributed by atoms with Gasteiger partial charge in [0.15, 0.2) is 0 Å². The molecule has 0 spiro atoms. The monoisotopic (exact) mass is 211 g/mol. The molecule has 2 N–H and O–H groups in total. The molecule has 0 aromatic carbocycles. The fourth-order valence-electron chi connectivity index (χ4n) is 1.17. The van der Waals surface area contributed by atoms with Crippen molar-refractivity contribution >= 4 is 5.91 Å². The van der Waals surface area contributed by atoms with Gasteiger partial charge in [0.25, 0.3) is 0 Å². The number of aryl methyl sites for hydroxylation is 1. The van der Waals surface area contributed by atoms with Gasteiger partial charge >= 0.3 is 0 Å². The minimum absolute atomic E-state index is 0.0566. The van der Waals surface area contributed by atoms with Crippen molar-refractivity contribution in [3.8, 4) is 0 Å². The molecule has 5 heteroatoms. The van der Waals surface area contributed by atoms with E-state index in [4.69, 9.17) is 5.11 Å². The highest BCUT2D eigenvalue weighted by atomic mass is 16.3. The van der Waals surface area contributed by atoms with Crippen molar-refractivity contribution in [2.75, 3.05) is 0 Å². The molecule has 1 rings (SSSR count). The van der Waals surface area contributed by atoms with Gasteiger partial charge in [0.2, 0.25) is 5.91 Å². The summed E-state index contributed by atoms with van der Waals surface area (Å²) >= 11 is 0. The van der Waals surface area contributed by atoms with Crippen LogP contribution >= 0.6 is 0 Å². The van der Waals surface area contributed by atoms with Gasteiger partial charge in [-0.2, -0.15) is 0 Å². The fourth-order valence-corrected chi connectivity index (χ4v) is 1.17. The Balaban J connectivity index is 2.26. The molecule has 84 valence electrons. The number of aromatic nitrogens is 2. The van der Waals surface area contributed by atoms with Crippen molar-refractivity contribution in [1.29, 1.82) is 0 Å². The number of carbonyl (C=O) groups is 1. The van der Waals surface area contributed by atoms with Crippen LogP contribution in [0, 0.1) is 0 Å². The second-order valence-corrected chi connectivity index (χ2v) is 3.62. The molecule has 1 aromatic rings. The summed E-state index contributed by atoms with van der Waals surface area (Å²) in [6, 6.07) is 0. The summed E-state index contributed by atoms with van der Waals surface area (Å²) in [5.74, 6) is 0.763. The van der Waals surface area contributed by atoms with Crippen LogP contribution in [0.25, 0.3) is 0 Å². The number of hydrogen-bond donors (Lipinski definition) is 2. The molecule has 0 radical (unpaired) electrons. The van der Waals surface area contributed by atoms with Gasteiger partial charge in [-0.3, -0.25) is 4.79 Å². The van der Waals surface area contributed by atoms with E-state index < -0.39 is 6.10 Å². The maximum atomic E-state index is 11.3. The first-order chi connectivity index (χ1) is 7.09. The lowest BCUT2D eigenvalue weighted by atomic mass is 10.2. The summed E-state index contributed by atoms with van der Waals surface area (Å²) in [4.78, 5) is 15.4. The topological polar surface area (TPSA) is 67.2 Å². The first-order valence-corrected chi connectivity index (χ1v) is 5.00. The van der Waals surface area contributed by atoms with Gasteiger partial charge in [0, 0.05) is 25.9 Å². The Hall–Kier alpha value is -1.36. The molecule has 0 fully saturated rings. The Bertz CT molecular complexity index is 320. The van der Waals surface area contributed by atoms with E-state index in [9.17, 15) is 4.79 Å². The quantitative estimate of drug-likeness (QED) is 0.731. The average molecular weight is 211 g/mol. The number of aliphatic hydroxyl groups excluding tert-OH is 1. The van der Waals surface area contributed by atoms with Crippen molar-refractivity contribution < 1.29 is 9.90 Å². The number of carbonyl (C=O) groups excluding carboxylic acids is 1. The van der Waals surface area contributed by atoms with Crippen LogP contribution in [0.4, 0.5) is 0 Å². The zero-order chi connectivity index (χ0) is 11.3. The molecule has 1 atom stereocenters. The Kier molecular flexibility index (Phi) is 4.30. The normalized spacial score (nSPS) is 12.5. The Morgan fingerprint density at radius 2 is 2.47 bits per heavy atom. The van der Waals surface area contributed by atoms with Crippen molar-refractivity contribution in [2.45, 2.75) is 32.4 Å². The molecule has 0 aliphatic heterocycles. The third-order valence-corrected chi connectivity index (χ3v) is 2.15. The summed E-state index contributed by atoms with van der Waals surface area (Å²) in [5, 5.41) is 11.7. The molecule has 0 saturated carbocycles. The highest BCUT2D eigenvalue weighted by Gasteiger charge is 2.05. The predicted octanol–water partition coefficient (Wildman–Crippen LogP) is 0.197. The van der Waals surface area contributed by atoms with Crippen LogP contribution in [-0.2, 0) is 18.4 Å². The zero-order valence-electron chi connectivity index (χ0n) is 9.10. The minimum Gasteiger partial charge on any atom is -0.393 e. The summed E-state index contributed by atoms with van der Waals surface area (Å²) in [6.07, 6.45) is 3.94. The van der Waals surface area contributed by atoms with Crippen molar-refractivity contribution in [3.05, 3.63) is 18.2 Å². The number of amides is 1. The number of aliphatic hydroxyl groups is 1. The molecule has 1 aromatic heterocycles. The molecule has 15 heavy (non-hydrogen) atoms. The number of imidazole rings is 1. The lowest BCUT2D eigenvalue weighted by molar-refractivity contribution is -0.121. The second kappa shape index (κ2) is 5.50. The van der Waals surface area contributed by atoms with Crippen LogP contribution in [0.2, 0.25) is 0 Å². The van der Waals surface area contributed by atoms with Crippen LogP contribution in [-0.4, -0.2) is 26.7 Å². The molecule has 0 saturated heterocycles. The maximum absolute atomic E-state index is 11.3. The van der Waals surface area contributed by atoms with E-state index in [0.717, 1.165) is 5.82 Å². The van der Waals surface area contributed by atoms with E-state index in [2.05, 4.69) is 10.3 Å². The maximum Gasteiger partial charge on any atom is 0.220 e. The Labute approximate surface area is 89.1 Å². The summed E-state index contributed by atoms with van der Waals surface area (Å²) < 4.78 is 1.86. The van der Waals surface area contributed by atoms with Crippen LogP contribution in [0.5, 0.6) is 0 Å². The molecule has 5 nitrogen and oxygen atoms in total. The van der Waals surface area contributed by atoms with E-state index in [1.54, 1.807) is 13.1 Å². The third-order valence-electron chi connectivity index (χ3n) is 2.15. The standard InChI is InChI=1S/C10H17N3O2/c1-8(14)3-4-10(15)12-7-9-11-5-6-13(9)2/h5-6,8,14H,3-4,7H2,1-2H3,(H,12,15). The predicted molar refractivity (Wildman–Crippen MR) is 56.0 cm³/mol. The smallest absolute Gasteiger partial charge is 0.220 e. The Morgan fingerprint density at radius 3 is 3.00 bits per heavy atom. The zero-order valence-corrected chi connectivity index (χ0v) is 9.10. The minimum atomic E-state index is -0.427. The average Bonchev–Trinajstić information content (AvgIpc) is 2.58. The summed E-state index contributed by atoms with van der Waals surface area (Å²) in [5.41, 5.74) is 0. The number of rotatable bonds is 5. The van der Waals surface area contributed by atoms with Crippen LogP contribution in [0.15, 0.2) is 12.4 Å². The molecule has 1 amide bonds. The first-order valence-electron chi connectivity index (χ1n) is 5.00. The SMILES string of the molecule is CC(O)CCC(=O)NCc1nccn1C. The van der Waals surface area contributed by atoms with Gasteiger partial charge < -0.3 is 15.0 Å². The van der Waals surface area contributed by atoms with Crippen LogP contribution in [0.1, 0.15) is 25.6 Å². The van der Waals surface area contributed by atoms with Gasteiger partial charge in [-0.15, -0.1) is 0 Å². The molecular weight excluding hydrogens is 194 g/mol. The molecule has 0 bridgehead atoms. The van der Waals surface area contributed by atoms with Gasteiger partial charge in [0.1, 0.15) is 5.82 Å². The highest BCUT2D eigenvalue weighted by molar-refractivity contribution is 5.75. The van der Waals surface area contributed by atoms with E-state index in [1.807, 2.05) is 17.8 Å². The lowest BCUT2D eigenvalue weighted by Gasteiger charge is -2.06. The largest absolute Gasteiger partial charge is 0.393 e. The summed E-state index contributed by atoms with van der Waals surface area (Å²) in [6.45, 7) is 2.11. The van der Waals surface area contributed by atoms with Crippen molar-refractivity contribution in [3.63, 3.8) is 0 Å². The van der Waals surface area contributed by atoms with E-state index in [0.29, 0.717) is 19.4 Å². The number of nitrogens with one attached hydrogen (secondary N) is 1. The lowest BCUT2D eigenvalue weighted by Crippen LogP contribution is -2.24. The highest BCUT2D eigenvalue weighted by Crippen LogP contribution is 1.97. The first kappa shape index (κ1) is 11.7. The van der Waals surface area contributed by atoms with E-state index >= 15 is 0 Å². The van der Waals surface area contributed by atoms with Gasteiger partial charge in [-0.1, -0.05) is 0 Å². The molecular formula is C10H17N3O2. The van der Waals surface area contributed by atoms with Crippen LogP contribution < -0.4 is 5.32 Å². The summed E-state index contributed by atoms with van der Waals surface area (Å²) in [7, 11) is 1.88. The van der Waals surface area contributed by atoms with Crippen LogP contribution in [0.3, 0.4) is 0 Å². The molecule has 1 heterocycles. The van der Waals surface area contributed by atoms with E-state index in [-0.39, 0.29) is 5.91 Å². The van der Waals surface area contributed by atoms with Gasteiger partial charge in [-0.25, -0.2) is 4.98 Å². The second-order valence-electron chi connectivity index (χ2n) is 3.62. The Morgan fingerprint density at radius 1 is 1.73 bits per heavy atom.